The number of hydrogen-bond donors (Lipinski definition) is 5. The Morgan fingerprint density at radius 1 is 0.923 bits per heavy atom. The van der Waals surface area contributed by atoms with Crippen molar-refractivity contribution < 1.29 is 42.0 Å². The second kappa shape index (κ2) is 5.82. The van der Waals surface area contributed by atoms with E-state index in [2.05, 4.69) is 4.18 Å². The van der Waals surface area contributed by atoms with Gasteiger partial charge in [-0.2, -0.15) is 8.42 Å². The van der Waals surface area contributed by atoms with E-state index < -0.39 is 50.0 Å². The van der Waals surface area contributed by atoms with E-state index in [0.29, 0.717) is 0 Å². The maximum absolute atomic E-state index is 12.2. The minimum atomic E-state index is -5.02. The Hall–Kier alpha value is -3.44. The summed E-state index contributed by atoms with van der Waals surface area (Å²) in [6.45, 7) is 0. The first kappa shape index (κ1) is 17.4. The van der Waals surface area contributed by atoms with Crippen molar-refractivity contribution in [2.75, 3.05) is 0 Å². The molecule has 0 spiro atoms. The van der Waals surface area contributed by atoms with Gasteiger partial charge in [-0.3, -0.25) is 9.35 Å². The van der Waals surface area contributed by atoms with Crippen LogP contribution in [0.25, 0.3) is 22.3 Å². The molecule has 0 unspecified atom stereocenters. The van der Waals surface area contributed by atoms with E-state index in [1.54, 1.807) is 0 Å². The van der Waals surface area contributed by atoms with E-state index in [0.717, 1.165) is 24.3 Å². The van der Waals surface area contributed by atoms with Crippen LogP contribution in [0.15, 0.2) is 39.5 Å². The SMILES string of the molecule is O=c1cc(-c2ccc(O)c(O)c2)oc2cc(OS(=O)(=O)O)c(O)c(O)c12. The summed E-state index contributed by atoms with van der Waals surface area (Å²) in [5.74, 6) is -3.93. The number of phenolic OH excluding ortho intramolecular Hbond substituents is 4. The zero-order chi connectivity index (χ0) is 19.2. The first-order valence-electron chi connectivity index (χ1n) is 6.79. The van der Waals surface area contributed by atoms with E-state index in [1.165, 1.54) is 6.07 Å². The van der Waals surface area contributed by atoms with Gasteiger partial charge in [0.2, 0.25) is 5.75 Å². The van der Waals surface area contributed by atoms with Crippen molar-refractivity contribution in [3.05, 3.63) is 40.6 Å². The summed E-state index contributed by atoms with van der Waals surface area (Å²) in [7, 11) is -5.02. The summed E-state index contributed by atoms with van der Waals surface area (Å²) in [4.78, 5) is 12.2. The standard InChI is InChI=1S/C15H10O10S/c16-7-2-1-6(3-8(7)17)10-4-9(18)13-11(24-10)5-12(14(19)15(13)20)25-26(21,22)23/h1-5,16-17,19-20H,(H,21,22,23). The minimum Gasteiger partial charge on any atom is -0.504 e. The monoisotopic (exact) mass is 382 g/mol. The maximum atomic E-state index is 12.2. The lowest BCUT2D eigenvalue weighted by atomic mass is 10.1. The molecule has 3 rings (SSSR count). The summed E-state index contributed by atoms with van der Waals surface area (Å²) in [6, 6.07) is 5.32. The Morgan fingerprint density at radius 3 is 2.23 bits per heavy atom. The highest BCUT2D eigenvalue weighted by atomic mass is 32.3. The van der Waals surface area contributed by atoms with Crippen LogP contribution in [-0.4, -0.2) is 33.4 Å². The fourth-order valence-corrected chi connectivity index (χ4v) is 2.62. The molecule has 0 saturated heterocycles. The molecule has 0 radical (unpaired) electrons. The van der Waals surface area contributed by atoms with Crippen LogP contribution in [0.1, 0.15) is 0 Å². The van der Waals surface area contributed by atoms with Crippen molar-refractivity contribution in [3.63, 3.8) is 0 Å². The first-order chi connectivity index (χ1) is 12.1. The van der Waals surface area contributed by atoms with Crippen LogP contribution >= 0.6 is 0 Å². The van der Waals surface area contributed by atoms with Crippen LogP contribution < -0.4 is 9.61 Å². The summed E-state index contributed by atoms with van der Waals surface area (Å²) in [6.07, 6.45) is 0. The molecule has 1 aromatic heterocycles. The average Bonchev–Trinajstić information content (AvgIpc) is 2.53. The van der Waals surface area contributed by atoms with E-state index in [1.807, 2.05) is 0 Å². The molecule has 26 heavy (non-hydrogen) atoms. The average molecular weight is 382 g/mol. The van der Waals surface area contributed by atoms with Crippen LogP contribution in [-0.2, 0) is 10.4 Å². The molecule has 0 saturated carbocycles. The van der Waals surface area contributed by atoms with Gasteiger partial charge in [-0.25, -0.2) is 0 Å². The lowest BCUT2D eigenvalue weighted by Gasteiger charge is -2.09. The first-order valence-corrected chi connectivity index (χ1v) is 8.15. The summed E-state index contributed by atoms with van der Waals surface area (Å²) >= 11 is 0. The Kier molecular flexibility index (Phi) is 3.89. The molecule has 0 atom stereocenters. The summed E-state index contributed by atoms with van der Waals surface area (Å²) < 4.78 is 39.9. The molecular formula is C15H10O10S. The smallest absolute Gasteiger partial charge is 0.446 e. The van der Waals surface area contributed by atoms with Crippen LogP contribution in [0.5, 0.6) is 28.7 Å². The highest BCUT2D eigenvalue weighted by Gasteiger charge is 2.21. The Bertz CT molecular complexity index is 1190. The molecule has 0 aliphatic heterocycles. The van der Waals surface area contributed by atoms with Gasteiger partial charge >= 0.3 is 10.4 Å². The Morgan fingerprint density at radius 2 is 1.62 bits per heavy atom. The molecule has 0 aliphatic rings. The third-order valence-corrected chi connectivity index (χ3v) is 3.78. The van der Waals surface area contributed by atoms with E-state index in [-0.39, 0.29) is 16.9 Å². The molecule has 5 N–H and O–H groups in total. The van der Waals surface area contributed by atoms with Crippen LogP contribution in [0, 0.1) is 0 Å². The zero-order valence-corrected chi connectivity index (χ0v) is 13.4. The number of hydrogen-bond acceptors (Lipinski definition) is 9. The van der Waals surface area contributed by atoms with Gasteiger partial charge in [0.1, 0.15) is 16.7 Å². The summed E-state index contributed by atoms with van der Waals surface area (Å²) in [5.41, 5.74) is -0.974. The lowest BCUT2D eigenvalue weighted by Crippen LogP contribution is -2.08. The van der Waals surface area contributed by atoms with Gasteiger partial charge in [0.05, 0.1) is 0 Å². The van der Waals surface area contributed by atoms with Crippen molar-refractivity contribution in [2.24, 2.45) is 0 Å². The molecule has 0 amide bonds. The number of aromatic hydroxyl groups is 4. The lowest BCUT2D eigenvalue weighted by molar-refractivity contribution is 0.358. The molecule has 2 aromatic carbocycles. The van der Waals surface area contributed by atoms with E-state index in [9.17, 15) is 33.6 Å². The third kappa shape index (κ3) is 3.08. The van der Waals surface area contributed by atoms with Gasteiger partial charge in [0.25, 0.3) is 0 Å². The highest BCUT2D eigenvalue weighted by Crippen LogP contribution is 2.42. The molecule has 1 heterocycles. The van der Waals surface area contributed by atoms with Crippen LogP contribution in [0.2, 0.25) is 0 Å². The van der Waals surface area contributed by atoms with Gasteiger partial charge < -0.3 is 29.0 Å². The van der Waals surface area contributed by atoms with Crippen molar-refractivity contribution in [1.82, 2.24) is 0 Å². The second-order valence-corrected chi connectivity index (χ2v) is 6.16. The zero-order valence-electron chi connectivity index (χ0n) is 12.6. The third-order valence-electron chi connectivity index (χ3n) is 3.39. The quantitative estimate of drug-likeness (QED) is 0.329. The van der Waals surface area contributed by atoms with Gasteiger partial charge in [-0.05, 0) is 18.2 Å². The fourth-order valence-electron chi connectivity index (χ4n) is 2.27. The van der Waals surface area contributed by atoms with Crippen molar-refractivity contribution in [3.8, 4) is 40.1 Å². The van der Waals surface area contributed by atoms with Crippen molar-refractivity contribution in [1.29, 1.82) is 0 Å². The van der Waals surface area contributed by atoms with Crippen molar-refractivity contribution >= 4 is 21.4 Å². The number of rotatable bonds is 3. The Balaban J connectivity index is 2.28. The minimum absolute atomic E-state index is 0.0966. The Labute approximate surface area is 144 Å². The van der Waals surface area contributed by atoms with Gasteiger partial charge in [-0.1, -0.05) is 0 Å². The van der Waals surface area contributed by atoms with Gasteiger partial charge in [0.15, 0.2) is 28.4 Å². The molecule has 0 bridgehead atoms. The number of phenols is 4. The maximum Gasteiger partial charge on any atom is 0.446 e. The molecule has 3 aromatic rings. The molecule has 0 aliphatic carbocycles. The van der Waals surface area contributed by atoms with E-state index >= 15 is 0 Å². The largest absolute Gasteiger partial charge is 0.504 e. The van der Waals surface area contributed by atoms with Gasteiger partial charge in [0, 0.05) is 17.7 Å². The summed E-state index contributed by atoms with van der Waals surface area (Å²) in [5, 5.41) is 38.1. The van der Waals surface area contributed by atoms with Crippen LogP contribution in [0.3, 0.4) is 0 Å². The van der Waals surface area contributed by atoms with Crippen LogP contribution in [0.4, 0.5) is 0 Å². The van der Waals surface area contributed by atoms with E-state index in [4.69, 9.17) is 8.97 Å². The molecule has 0 fully saturated rings. The second-order valence-electron chi connectivity index (χ2n) is 5.13. The predicted molar refractivity (Wildman–Crippen MR) is 86.8 cm³/mol. The number of fused-ring (bicyclic) bond motifs is 1. The number of benzene rings is 2. The van der Waals surface area contributed by atoms with Crippen molar-refractivity contribution in [2.45, 2.75) is 0 Å². The fraction of sp³-hybridized carbons (Fsp3) is 0. The highest BCUT2D eigenvalue weighted by molar-refractivity contribution is 7.81. The molecule has 11 heteroatoms. The predicted octanol–water partition coefficient (Wildman–Crippen LogP) is 1.46. The molecular weight excluding hydrogens is 372 g/mol. The normalized spacial score (nSPS) is 11.6. The molecule has 136 valence electrons. The van der Waals surface area contributed by atoms with Gasteiger partial charge in [-0.15, -0.1) is 0 Å². The molecule has 10 nitrogen and oxygen atoms in total. The topological polar surface area (TPSA) is 175 Å².